The second kappa shape index (κ2) is 18.6. The lowest BCUT2D eigenvalue weighted by molar-refractivity contribution is -0.155. The average molecular weight is 629 g/mol. The van der Waals surface area contributed by atoms with E-state index >= 15 is 0 Å². The molecule has 4 heteroatoms. The molecule has 0 radical (unpaired) electrons. The van der Waals surface area contributed by atoms with Crippen LogP contribution in [0.1, 0.15) is 107 Å². The van der Waals surface area contributed by atoms with Crippen molar-refractivity contribution in [3.63, 3.8) is 0 Å². The summed E-state index contributed by atoms with van der Waals surface area (Å²) in [6.07, 6.45) is 17.7. The van der Waals surface area contributed by atoms with Crippen molar-refractivity contribution < 1.29 is 13.9 Å². The number of ether oxygens (including phenoxy) is 2. The Morgan fingerprint density at radius 2 is 1.40 bits per heavy atom. The molecule has 3 rings (SSSR count). The van der Waals surface area contributed by atoms with Gasteiger partial charge in [0.15, 0.2) is 6.29 Å². The molecule has 1 aliphatic rings. The van der Waals surface area contributed by atoms with Gasteiger partial charge in [-0.2, -0.15) is 0 Å². The van der Waals surface area contributed by atoms with Crippen LogP contribution in [0, 0.1) is 0 Å². The van der Waals surface area contributed by atoms with Crippen LogP contribution < -0.4 is 10.4 Å². The van der Waals surface area contributed by atoms with Crippen molar-refractivity contribution in [2.24, 2.45) is 0 Å². The first-order chi connectivity index (χ1) is 21.5. The molecular formula is C41H60O3Si. The van der Waals surface area contributed by atoms with Crippen molar-refractivity contribution in [3.05, 3.63) is 107 Å². The number of benzene rings is 2. The Morgan fingerprint density at radius 1 is 0.800 bits per heavy atom. The summed E-state index contributed by atoms with van der Waals surface area (Å²) in [4.78, 5) is 0. The molecule has 1 heterocycles. The molecule has 1 saturated heterocycles. The summed E-state index contributed by atoms with van der Waals surface area (Å²) < 4.78 is 19.5. The molecule has 0 amide bonds. The number of hydrogen-bond acceptors (Lipinski definition) is 3. The predicted octanol–water partition coefficient (Wildman–Crippen LogP) is 10.2. The van der Waals surface area contributed by atoms with E-state index in [-0.39, 0.29) is 17.4 Å². The second-order valence-corrected chi connectivity index (χ2v) is 18.4. The lowest BCUT2D eigenvalue weighted by Crippen LogP contribution is -2.67. The van der Waals surface area contributed by atoms with Crippen LogP contribution in [0.5, 0.6) is 0 Å². The summed E-state index contributed by atoms with van der Waals surface area (Å²) in [6, 6.07) is 22.0. The van der Waals surface area contributed by atoms with E-state index in [9.17, 15) is 0 Å². The van der Waals surface area contributed by atoms with Crippen molar-refractivity contribution >= 4 is 18.7 Å². The zero-order valence-electron chi connectivity index (χ0n) is 29.5. The average Bonchev–Trinajstić information content (AvgIpc) is 3.00. The molecule has 246 valence electrons. The highest BCUT2D eigenvalue weighted by molar-refractivity contribution is 6.99. The molecule has 0 N–H and O–H groups in total. The fraction of sp³-hybridized carbons (Fsp3) is 0.512. The van der Waals surface area contributed by atoms with E-state index in [0.717, 1.165) is 51.6 Å². The number of hydrogen-bond donors (Lipinski definition) is 0. The van der Waals surface area contributed by atoms with E-state index in [1.165, 1.54) is 39.1 Å². The normalized spacial score (nSPS) is 17.7. The third-order valence-corrected chi connectivity index (χ3v) is 13.8. The Hall–Kier alpha value is -2.50. The van der Waals surface area contributed by atoms with E-state index in [2.05, 4.69) is 140 Å². The van der Waals surface area contributed by atoms with Crippen molar-refractivity contribution in [1.29, 1.82) is 0 Å². The molecule has 1 aliphatic heterocycles. The second-order valence-electron chi connectivity index (χ2n) is 14.1. The number of allylic oxidation sites excluding steroid dienone is 5. The highest BCUT2D eigenvalue weighted by atomic mass is 28.4. The van der Waals surface area contributed by atoms with Crippen LogP contribution in [0.2, 0.25) is 5.04 Å². The van der Waals surface area contributed by atoms with Crippen LogP contribution in [0.15, 0.2) is 107 Å². The predicted molar refractivity (Wildman–Crippen MR) is 196 cm³/mol. The molecule has 2 aromatic rings. The SMILES string of the molecule is CC(C)=CCC/C(C)=C/CC/C(C)=C/C(C/C(C)=C/COC1CCCCO1)O[Si](c1ccccc1)(c1ccccc1)C(C)(C)C. The maximum Gasteiger partial charge on any atom is 0.261 e. The Bertz CT molecular complexity index is 1220. The van der Waals surface area contributed by atoms with Gasteiger partial charge in [-0.15, -0.1) is 0 Å². The van der Waals surface area contributed by atoms with Gasteiger partial charge in [0.25, 0.3) is 8.32 Å². The maximum atomic E-state index is 7.65. The quantitative estimate of drug-likeness (QED) is 0.137. The highest BCUT2D eigenvalue weighted by Gasteiger charge is 2.51. The minimum Gasteiger partial charge on any atom is -0.401 e. The Labute approximate surface area is 276 Å². The standard InChI is InChI=1S/C41H60O3Si/c1-33(2)19-17-20-34(3)21-18-22-35(4)31-37(32-36(5)28-30-43-40-27-15-16-29-42-40)44-45(41(6,7)8,38-23-11-9-12-24-38)39-25-13-10-14-26-39/h9-14,19,21,23-26,28,31,37,40H,15-18,20,22,27,29-30,32H2,1-8H3/b34-21+,35-31+,36-28+. The van der Waals surface area contributed by atoms with Crippen molar-refractivity contribution in [2.75, 3.05) is 13.2 Å². The third-order valence-electron chi connectivity index (χ3n) is 8.71. The molecule has 2 unspecified atom stereocenters. The molecule has 0 spiro atoms. The molecule has 3 nitrogen and oxygen atoms in total. The third kappa shape index (κ3) is 12.0. The summed E-state index contributed by atoms with van der Waals surface area (Å²) in [5.74, 6) is 0. The first-order valence-corrected chi connectivity index (χ1v) is 19.1. The van der Waals surface area contributed by atoms with Crippen LogP contribution in [0.25, 0.3) is 0 Å². The first-order valence-electron chi connectivity index (χ1n) is 17.1. The largest absolute Gasteiger partial charge is 0.401 e. The van der Waals surface area contributed by atoms with E-state index in [1.54, 1.807) is 0 Å². The van der Waals surface area contributed by atoms with Crippen LogP contribution in [-0.4, -0.2) is 33.9 Å². The van der Waals surface area contributed by atoms with E-state index in [4.69, 9.17) is 13.9 Å². The highest BCUT2D eigenvalue weighted by Crippen LogP contribution is 2.38. The van der Waals surface area contributed by atoms with Gasteiger partial charge in [-0.25, -0.2) is 0 Å². The molecule has 0 bridgehead atoms. The Balaban J connectivity index is 1.91. The summed E-state index contributed by atoms with van der Waals surface area (Å²) in [7, 11) is -2.72. The summed E-state index contributed by atoms with van der Waals surface area (Å²) in [5.41, 5.74) is 5.53. The van der Waals surface area contributed by atoms with Crippen LogP contribution in [-0.2, 0) is 13.9 Å². The molecule has 2 atom stereocenters. The van der Waals surface area contributed by atoms with Gasteiger partial charge in [0, 0.05) is 6.61 Å². The van der Waals surface area contributed by atoms with Crippen LogP contribution in [0.3, 0.4) is 0 Å². The summed E-state index contributed by atoms with van der Waals surface area (Å²) >= 11 is 0. The zero-order chi connectivity index (χ0) is 32.7. The monoisotopic (exact) mass is 628 g/mol. The van der Waals surface area contributed by atoms with Gasteiger partial charge < -0.3 is 13.9 Å². The summed E-state index contributed by atoms with van der Waals surface area (Å²) in [5, 5.41) is 2.54. The van der Waals surface area contributed by atoms with Gasteiger partial charge in [-0.1, -0.05) is 128 Å². The van der Waals surface area contributed by atoms with E-state index in [0.29, 0.717) is 6.61 Å². The molecule has 45 heavy (non-hydrogen) atoms. The minimum atomic E-state index is -2.72. The molecule has 0 saturated carbocycles. The minimum absolute atomic E-state index is 0.0544. The van der Waals surface area contributed by atoms with Crippen molar-refractivity contribution in [1.82, 2.24) is 0 Å². The van der Waals surface area contributed by atoms with E-state index in [1.807, 2.05) is 0 Å². The molecule has 0 aromatic heterocycles. The molecular weight excluding hydrogens is 569 g/mol. The number of rotatable bonds is 16. The molecule has 1 fully saturated rings. The van der Waals surface area contributed by atoms with Gasteiger partial charge in [0.1, 0.15) is 0 Å². The van der Waals surface area contributed by atoms with Gasteiger partial charge >= 0.3 is 0 Å². The van der Waals surface area contributed by atoms with Crippen LogP contribution >= 0.6 is 0 Å². The fourth-order valence-corrected chi connectivity index (χ4v) is 10.9. The van der Waals surface area contributed by atoms with Crippen molar-refractivity contribution in [2.45, 2.75) is 124 Å². The van der Waals surface area contributed by atoms with Gasteiger partial charge in [0.2, 0.25) is 0 Å². The van der Waals surface area contributed by atoms with Gasteiger partial charge in [0.05, 0.1) is 12.7 Å². The van der Waals surface area contributed by atoms with Crippen molar-refractivity contribution in [3.8, 4) is 0 Å². The maximum absolute atomic E-state index is 7.65. The smallest absolute Gasteiger partial charge is 0.261 e. The van der Waals surface area contributed by atoms with Gasteiger partial charge in [-0.3, -0.25) is 0 Å². The lowest BCUT2D eigenvalue weighted by atomic mass is 10.0. The Morgan fingerprint density at radius 3 is 1.96 bits per heavy atom. The molecule has 0 aliphatic carbocycles. The van der Waals surface area contributed by atoms with E-state index < -0.39 is 8.32 Å². The van der Waals surface area contributed by atoms with Crippen LogP contribution in [0.4, 0.5) is 0 Å². The lowest BCUT2D eigenvalue weighted by Gasteiger charge is -2.45. The molecule has 2 aromatic carbocycles. The summed E-state index contributed by atoms with van der Waals surface area (Å²) in [6.45, 7) is 19.6. The first kappa shape index (κ1) is 37.0. The zero-order valence-corrected chi connectivity index (χ0v) is 30.5. The Kier molecular flexibility index (Phi) is 15.3. The fourth-order valence-electron chi connectivity index (χ4n) is 6.23. The topological polar surface area (TPSA) is 27.7 Å². The van der Waals surface area contributed by atoms with Gasteiger partial charge in [-0.05, 0) is 101 Å².